The highest BCUT2D eigenvalue weighted by molar-refractivity contribution is 4.98. The minimum atomic E-state index is 0.00318. The van der Waals surface area contributed by atoms with Gasteiger partial charge in [-0.3, -0.25) is 0 Å². The summed E-state index contributed by atoms with van der Waals surface area (Å²) in [5.41, 5.74) is 0. The Labute approximate surface area is 149 Å². The Kier molecular flexibility index (Phi) is 7.01. The Morgan fingerprint density at radius 3 is 1.38 bits per heavy atom. The summed E-state index contributed by atoms with van der Waals surface area (Å²) < 4.78 is 0. The van der Waals surface area contributed by atoms with E-state index in [2.05, 4.69) is 31.2 Å². The molecule has 0 aromatic carbocycles. The van der Waals surface area contributed by atoms with Gasteiger partial charge in [0.05, 0.1) is 6.10 Å². The largest absolute Gasteiger partial charge is 0.393 e. The van der Waals surface area contributed by atoms with Crippen molar-refractivity contribution in [3.05, 3.63) is 24.3 Å². The molecule has 1 nitrogen and oxygen atoms in total. The molecule has 3 saturated carbocycles. The van der Waals surface area contributed by atoms with Gasteiger partial charge in [0.25, 0.3) is 0 Å². The van der Waals surface area contributed by atoms with Crippen molar-refractivity contribution in [1.29, 1.82) is 0 Å². The van der Waals surface area contributed by atoms with Gasteiger partial charge in [-0.2, -0.15) is 0 Å². The first-order valence-electron chi connectivity index (χ1n) is 10.7. The third-order valence-electron chi connectivity index (χ3n) is 7.16. The van der Waals surface area contributed by atoms with Crippen LogP contribution in [0.3, 0.4) is 0 Å². The van der Waals surface area contributed by atoms with Gasteiger partial charge in [0.1, 0.15) is 0 Å². The Morgan fingerprint density at radius 2 is 0.917 bits per heavy atom. The average Bonchev–Trinajstić information content (AvgIpc) is 2.63. The van der Waals surface area contributed by atoms with Crippen LogP contribution < -0.4 is 0 Å². The number of aliphatic hydroxyl groups is 1. The van der Waals surface area contributed by atoms with Gasteiger partial charge >= 0.3 is 0 Å². The summed E-state index contributed by atoms with van der Waals surface area (Å²) in [7, 11) is 0. The van der Waals surface area contributed by atoms with Crippen LogP contribution in [0, 0.1) is 29.6 Å². The van der Waals surface area contributed by atoms with Gasteiger partial charge in [0.15, 0.2) is 0 Å². The second kappa shape index (κ2) is 9.22. The average molecular weight is 331 g/mol. The van der Waals surface area contributed by atoms with Crippen LogP contribution in [-0.2, 0) is 0 Å². The van der Waals surface area contributed by atoms with Crippen molar-refractivity contribution in [2.24, 2.45) is 29.6 Å². The molecule has 3 aliphatic carbocycles. The highest BCUT2D eigenvalue weighted by Crippen LogP contribution is 2.40. The molecule has 0 aliphatic heterocycles. The zero-order valence-corrected chi connectivity index (χ0v) is 15.7. The Morgan fingerprint density at radius 1 is 0.542 bits per heavy atom. The first-order chi connectivity index (χ1) is 11.7. The molecule has 0 unspecified atom stereocenters. The molecule has 0 saturated heterocycles. The van der Waals surface area contributed by atoms with Crippen molar-refractivity contribution in [1.82, 2.24) is 0 Å². The van der Waals surface area contributed by atoms with E-state index in [4.69, 9.17) is 0 Å². The van der Waals surface area contributed by atoms with Crippen molar-refractivity contribution < 1.29 is 5.11 Å². The standard InChI is InChI=1S/C23H38O/c1-2-3-18-4-6-19(7-5-18)8-9-20-10-12-21(13-11-20)22-14-16-23(24)17-15-22/h2-3,8-9,18-24H,4-7,10-17H2,1H3/b3-2+,9-8+. The smallest absolute Gasteiger partial charge is 0.0540 e. The summed E-state index contributed by atoms with van der Waals surface area (Å²) in [6.07, 6.45) is 25.7. The summed E-state index contributed by atoms with van der Waals surface area (Å²) in [5.74, 6) is 4.43. The molecule has 0 spiro atoms. The van der Waals surface area contributed by atoms with Crippen LogP contribution in [0.1, 0.15) is 84.0 Å². The molecule has 0 radical (unpaired) electrons. The first kappa shape index (κ1) is 18.2. The lowest BCUT2D eigenvalue weighted by Crippen LogP contribution is -2.27. The summed E-state index contributed by atoms with van der Waals surface area (Å²) in [6.45, 7) is 2.15. The highest BCUT2D eigenvalue weighted by atomic mass is 16.3. The van der Waals surface area contributed by atoms with E-state index in [1.54, 1.807) is 0 Å². The van der Waals surface area contributed by atoms with E-state index in [-0.39, 0.29) is 6.10 Å². The molecule has 1 heteroatoms. The predicted octanol–water partition coefficient (Wildman–Crippen LogP) is 6.28. The van der Waals surface area contributed by atoms with Crippen LogP contribution >= 0.6 is 0 Å². The first-order valence-corrected chi connectivity index (χ1v) is 10.7. The predicted molar refractivity (Wildman–Crippen MR) is 103 cm³/mol. The quantitative estimate of drug-likeness (QED) is 0.601. The maximum atomic E-state index is 9.69. The van der Waals surface area contributed by atoms with Gasteiger partial charge in [0, 0.05) is 0 Å². The van der Waals surface area contributed by atoms with Crippen molar-refractivity contribution in [3.63, 3.8) is 0 Å². The van der Waals surface area contributed by atoms with Crippen LogP contribution in [-0.4, -0.2) is 11.2 Å². The summed E-state index contributed by atoms with van der Waals surface area (Å²) >= 11 is 0. The summed E-state index contributed by atoms with van der Waals surface area (Å²) in [6, 6.07) is 0. The topological polar surface area (TPSA) is 20.2 Å². The molecule has 3 rings (SSSR count). The summed E-state index contributed by atoms with van der Waals surface area (Å²) in [4.78, 5) is 0. The molecule has 0 aromatic heterocycles. The second-order valence-electron chi connectivity index (χ2n) is 8.83. The molecule has 3 aliphatic rings. The van der Waals surface area contributed by atoms with Crippen molar-refractivity contribution in [3.8, 4) is 0 Å². The molecule has 24 heavy (non-hydrogen) atoms. The second-order valence-corrected chi connectivity index (χ2v) is 8.83. The summed E-state index contributed by atoms with van der Waals surface area (Å²) in [5, 5.41) is 9.69. The molecule has 0 atom stereocenters. The number of aliphatic hydroxyl groups excluding tert-OH is 1. The van der Waals surface area contributed by atoms with E-state index >= 15 is 0 Å². The minimum absolute atomic E-state index is 0.00318. The number of hydrogen-bond acceptors (Lipinski definition) is 1. The highest BCUT2D eigenvalue weighted by Gasteiger charge is 2.29. The van der Waals surface area contributed by atoms with Crippen molar-refractivity contribution in [2.45, 2.75) is 90.1 Å². The van der Waals surface area contributed by atoms with Crippen LogP contribution in [0.15, 0.2) is 24.3 Å². The van der Waals surface area contributed by atoms with E-state index in [0.717, 1.165) is 42.4 Å². The maximum Gasteiger partial charge on any atom is 0.0540 e. The SMILES string of the molecule is C/C=C/C1CCC(/C=C/C2CCC(C3CCC(O)CC3)CC2)CC1. The van der Waals surface area contributed by atoms with Gasteiger partial charge in [-0.15, -0.1) is 0 Å². The fraction of sp³-hybridized carbons (Fsp3) is 0.826. The van der Waals surface area contributed by atoms with Crippen LogP contribution in [0.4, 0.5) is 0 Å². The van der Waals surface area contributed by atoms with E-state index in [1.165, 1.54) is 64.2 Å². The molecule has 136 valence electrons. The molecule has 0 aromatic rings. The third kappa shape index (κ3) is 5.22. The Balaban J connectivity index is 1.36. The molecule has 3 fully saturated rings. The van der Waals surface area contributed by atoms with E-state index in [0.29, 0.717) is 0 Å². The minimum Gasteiger partial charge on any atom is -0.393 e. The van der Waals surface area contributed by atoms with Gasteiger partial charge in [-0.25, -0.2) is 0 Å². The van der Waals surface area contributed by atoms with Gasteiger partial charge in [-0.1, -0.05) is 24.3 Å². The molecule has 0 amide bonds. The number of rotatable bonds is 4. The fourth-order valence-corrected chi connectivity index (χ4v) is 5.50. The van der Waals surface area contributed by atoms with Crippen LogP contribution in [0.5, 0.6) is 0 Å². The van der Waals surface area contributed by atoms with Gasteiger partial charge < -0.3 is 5.11 Å². The maximum absolute atomic E-state index is 9.69. The van der Waals surface area contributed by atoms with E-state index in [1.807, 2.05) is 0 Å². The zero-order valence-electron chi connectivity index (χ0n) is 15.7. The normalized spacial score (nSPS) is 41.9. The van der Waals surface area contributed by atoms with Crippen molar-refractivity contribution in [2.75, 3.05) is 0 Å². The molecule has 1 N–H and O–H groups in total. The van der Waals surface area contributed by atoms with Crippen molar-refractivity contribution >= 4 is 0 Å². The molecule has 0 bridgehead atoms. The van der Waals surface area contributed by atoms with E-state index in [9.17, 15) is 5.11 Å². The van der Waals surface area contributed by atoms with E-state index < -0.39 is 0 Å². The number of hydrogen-bond donors (Lipinski definition) is 1. The fourth-order valence-electron chi connectivity index (χ4n) is 5.50. The number of allylic oxidation sites excluding steroid dienone is 4. The lowest BCUT2D eigenvalue weighted by atomic mass is 9.70. The third-order valence-corrected chi connectivity index (χ3v) is 7.16. The Bertz CT molecular complexity index is 400. The van der Waals surface area contributed by atoms with Gasteiger partial charge in [-0.05, 0) is 114 Å². The lowest BCUT2D eigenvalue weighted by Gasteiger charge is -2.36. The lowest BCUT2D eigenvalue weighted by molar-refractivity contribution is 0.0793. The van der Waals surface area contributed by atoms with Crippen LogP contribution in [0.25, 0.3) is 0 Å². The zero-order chi connectivity index (χ0) is 16.8. The monoisotopic (exact) mass is 330 g/mol. The molecular weight excluding hydrogens is 292 g/mol. The Hall–Kier alpha value is -0.560. The van der Waals surface area contributed by atoms with Gasteiger partial charge in [0.2, 0.25) is 0 Å². The van der Waals surface area contributed by atoms with Crippen LogP contribution in [0.2, 0.25) is 0 Å². The molecule has 0 heterocycles. The molecular formula is C23H38O.